The zero-order valence-electron chi connectivity index (χ0n) is 14.7. The molecule has 1 atom stereocenters. The van der Waals surface area contributed by atoms with E-state index in [1.54, 1.807) is 24.0 Å². The van der Waals surface area contributed by atoms with Crippen molar-refractivity contribution in [3.05, 3.63) is 40.4 Å². The third-order valence-electron chi connectivity index (χ3n) is 4.39. The minimum Gasteiger partial charge on any atom is -0.353 e. The molecule has 8 nitrogen and oxygen atoms in total. The van der Waals surface area contributed by atoms with Crippen molar-refractivity contribution in [3.63, 3.8) is 0 Å². The van der Waals surface area contributed by atoms with Gasteiger partial charge < -0.3 is 10.2 Å². The fourth-order valence-corrected chi connectivity index (χ4v) is 3.07. The maximum atomic E-state index is 12.2. The predicted molar refractivity (Wildman–Crippen MR) is 94.4 cm³/mol. The van der Waals surface area contributed by atoms with Crippen LogP contribution >= 0.6 is 0 Å². The van der Waals surface area contributed by atoms with E-state index in [1.807, 2.05) is 13.1 Å². The van der Waals surface area contributed by atoms with Gasteiger partial charge in [-0.1, -0.05) is 0 Å². The highest BCUT2D eigenvalue weighted by Crippen LogP contribution is 2.16. The van der Waals surface area contributed by atoms with Crippen molar-refractivity contribution in [2.45, 2.75) is 38.8 Å². The van der Waals surface area contributed by atoms with Gasteiger partial charge in [0.15, 0.2) is 0 Å². The lowest BCUT2D eigenvalue weighted by Crippen LogP contribution is -2.48. The Morgan fingerprint density at radius 3 is 2.96 bits per heavy atom. The number of rotatable bonds is 5. The average Bonchev–Trinajstić information content (AvgIpc) is 3.01. The maximum Gasteiger partial charge on any atom is 0.266 e. The first-order valence-electron chi connectivity index (χ1n) is 8.59. The van der Waals surface area contributed by atoms with Crippen LogP contribution in [0.25, 0.3) is 0 Å². The minimum absolute atomic E-state index is 0.0356. The second-order valence-electron chi connectivity index (χ2n) is 6.54. The third-order valence-corrected chi connectivity index (χ3v) is 4.39. The number of aromatic nitrogens is 4. The average molecular weight is 344 g/mol. The third kappa shape index (κ3) is 4.46. The number of carbonyl (C=O) groups is 1. The molecule has 1 N–H and O–H groups in total. The molecule has 1 unspecified atom stereocenters. The Hall–Kier alpha value is -2.64. The summed E-state index contributed by atoms with van der Waals surface area (Å²) in [5.41, 5.74) is 0.965. The molecule has 25 heavy (non-hydrogen) atoms. The van der Waals surface area contributed by atoms with Crippen molar-refractivity contribution in [2.75, 3.05) is 18.0 Å². The number of aryl methyl sites for hydroxylation is 3. The Morgan fingerprint density at radius 1 is 1.40 bits per heavy atom. The van der Waals surface area contributed by atoms with Gasteiger partial charge in [0.1, 0.15) is 5.82 Å². The van der Waals surface area contributed by atoms with Crippen LogP contribution in [-0.4, -0.2) is 44.6 Å². The lowest BCUT2D eigenvalue weighted by atomic mass is 10.1. The summed E-state index contributed by atoms with van der Waals surface area (Å²) >= 11 is 0. The van der Waals surface area contributed by atoms with E-state index in [0.717, 1.165) is 30.8 Å². The van der Waals surface area contributed by atoms with E-state index in [0.29, 0.717) is 19.5 Å². The zero-order chi connectivity index (χ0) is 17.8. The summed E-state index contributed by atoms with van der Waals surface area (Å²) in [7, 11) is 1.64. The number of nitrogens with one attached hydrogen (secondary N) is 1. The van der Waals surface area contributed by atoms with Gasteiger partial charge in [-0.15, -0.1) is 0 Å². The first-order valence-corrected chi connectivity index (χ1v) is 8.59. The minimum atomic E-state index is -0.125. The molecule has 0 aromatic carbocycles. The topological polar surface area (TPSA) is 85.0 Å². The molecule has 1 fully saturated rings. The monoisotopic (exact) mass is 344 g/mol. The molecule has 0 aliphatic carbocycles. The van der Waals surface area contributed by atoms with Crippen LogP contribution in [0.4, 0.5) is 5.82 Å². The Labute approximate surface area is 146 Å². The van der Waals surface area contributed by atoms with Gasteiger partial charge in [0.25, 0.3) is 5.56 Å². The molecule has 3 heterocycles. The highest BCUT2D eigenvalue weighted by atomic mass is 16.1. The second-order valence-corrected chi connectivity index (χ2v) is 6.54. The maximum absolute atomic E-state index is 12.2. The Bertz CT molecular complexity index is 796. The van der Waals surface area contributed by atoms with Crippen LogP contribution in [0.15, 0.2) is 29.3 Å². The first-order chi connectivity index (χ1) is 12.0. The van der Waals surface area contributed by atoms with Crippen molar-refractivity contribution in [1.29, 1.82) is 0 Å². The Kier molecular flexibility index (Phi) is 5.16. The highest BCUT2D eigenvalue weighted by molar-refractivity contribution is 5.76. The molecule has 1 aliphatic heterocycles. The summed E-state index contributed by atoms with van der Waals surface area (Å²) in [6.07, 6.45) is 6.07. The summed E-state index contributed by atoms with van der Waals surface area (Å²) in [6.45, 7) is 4.15. The lowest BCUT2D eigenvalue weighted by molar-refractivity contribution is -0.122. The number of hydrogen-bond donors (Lipinski definition) is 1. The number of piperidine rings is 1. The molecule has 2 aromatic rings. The summed E-state index contributed by atoms with van der Waals surface area (Å²) < 4.78 is 3.13. The molecule has 0 radical (unpaired) electrons. The number of nitrogens with zero attached hydrogens (tertiary/aromatic N) is 5. The number of hydrogen-bond acceptors (Lipinski definition) is 5. The van der Waals surface area contributed by atoms with E-state index < -0.39 is 0 Å². The van der Waals surface area contributed by atoms with E-state index in [2.05, 4.69) is 20.4 Å². The van der Waals surface area contributed by atoms with E-state index in [1.165, 1.54) is 10.7 Å². The quantitative estimate of drug-likeness (QED) is 0.852. The molecule has 134 valence electrons. The second kappa shape index (κ2) is 7.50. The van der Waals surface area contributed by atoms with E-state index >= 15 is 0 Å². The highest BCUT2D eigenvalue weighted by Gasteiger charge is 2.22. The fraction of sp³-hybridized carbons (Fsp3) is 0.529. The van der Waals surface area contributed by atoms with E-state index in [-0.39, 0.29) is 17.5 Å². The predicted octanol–water partition coefficient (Wildman–Crippen LogP) is 0.461. The summed E-state index contributed by atoms with van der Waals surface area (Å²) in [6, 6.07) is 3.36. The Balaban J connectivity index is 1.53. The zero-order valence-corrected chi connectivity index (χ0v) is 14.7. The van der Waals surface area contributed by atoms with Crippen molar-refractivity contribution in [3.8, 4) is 0 Å². The molecular weight excluding hydrogens is 320 g/mol. The van der Waals surface area contributed by atoms with Gasteiger partial charge in [-0.3, -0.25) is 14.3 Å². The summed E-state index contributed by atoms with van der Waals surface area (Å²) in [4.78, 5) is 25.8. The van der Waals surface area contributed by atoms with Crippen molar-refractivity contribution in [1.82, 2.24) is 24.9 Å². The lowest BCUT2D eigenvalue weighted by Gasteiger charge is -2.33. The molecule has 8 heteroatoms. The van der Waals surface area contributed by atoms with Gasteiger partial charge in [0.2, 0.25) is 5.91 Å². The summed E-state index contributed by atoms with van der Waals surface area (Å²) in [5.74, 6) is 0.807. The molecule has 1 aliphatic rings. The van der Waals surface area contributed by atoms with Crippen molar-refractivity contribution >= 4 is 11.7 Å². The molecule has 1 saturated heterocycles. The molecule has 0 saturated carbocycles. The van der Waals surface area contributed by atoms with Crippen LogP contribution in [0.2, 0.25) is 0 Å². The van der Waals surface area contributed by atoms with Gasteiger partial charge in [-0.25, -0.2) is 4.68 Å². The van der Waals surface area contributed by atoms with Gasteiger partial charge in [0.05, 0.1) is 6.20 Å². The van der Waals surface area contributed by atoms with Crippen molar-refractivity contribution in [2.24, 2.45) is 7.05 Å². The van der Waals surface area contributed by atoms with E-state index in [9.17, 15) is 9.59 Å². The largest absolute Gasteiger partial charge is 0.353 e. The van der Waals surface area contributed by atoms with Crippen LogP contribution in [0.3, 0.4) is 0 Å². The van der Waals surface area contributed by atoms with Gasteiger partial charge in [-0.05, 0) is 31.4 Å². The van der Waals surface area contributed by atoms with Crippen molar-refractivity contribution < 1.29 is 4.79 Å². The number of amides is 1. The van der Waals surface area contributed by atoms with Crippen LogP contribution in [0.1, 0.15) is 24.8 Å². The molecular formula is C17H24N6O2. The first kappa shape index (κ1) is 17.2. The number of carbonyl (C=O) groups excluding carboxylic acids is 1. The fourth-order valence-electron chi connectivity index (χ4n) is 3.07. The van der Waals surface area contributed by atoms with Crippen LogP contribution < -0.4 is 15.8 Å². The molecule has 1 amide bonds. The van der Waals surface area contributed by atoms with Gasteiger partial charge in [-0.2, -0.15) is 10.2 Å². The van der Waals surface area contributed by atoms with Gasteiger partial charge in [0, 0.05) is 51.4 Å². The smallest absolute Gasteiger partial charge is 0.266 e. The number of anilines is 1. The SMILES string of the molecule is Cc1cnn(CCC(=O)NC2CCCN(c3ccc(=O)n(C)n3)C2)c1. The normalized spacial score (nSPS) is 17.5. The molecule has 0 bridgehead atoms. The molecule has 2 aromatic heterocycles. The van der Waals surface area contributed by atoms with E-state index in [4.69, 9.17) is 0 Å². The van der Waals surface area contributed by atoms with Crippen LogP contribution in [-0.2, 0) is 18.4 Å². The standard InChI is InChI=1S/C17H24N6O2/c1-13-10-18-23(11-13)9-7-16(24)19-14-4-3-8-22(12-14)15-5-6-17(25)21(2)20-15/h5-6,10-11,14H,3-4,7-9,12H2,1-2H3,(H,19,24). The van der Waals surface area contributed by atoms with Gasteiger partial charge >= 0.3 is 0 Å². The molecule has 3 rings (SSSR count). The Morgan fingerprint density at radius 2 is 2.24 bits per heavy atom. The van der Waals surface area contributed by atoms with Crippen LogP contribution in [0, 0.1) is 6.92 Å². The molecule has 0 spiro atoms. The van der Waals surface area contributed by atoms with Crippen LogP contribution in [0.5, 0.6) is 0 Å². The summed E-state index contributed by atoms with van der Waals surface area (Å²) in [5, 5.41) is 11.6.